The van der Waals surface area contributed by atoms with Crippen molar-refractivity contribution in [2.75, 3.05) is 19.7 Å². The number of ether oxygens (including phenoxy) is 1. The Kier molecular flexibility index (Phi) is 4.90. The van der Waals surface area contributed by atoms with Crippen LogP contribution >= 0.6 is 11.3 Å². The molecule has 0 unspecified atom stereocenters. The molecule has 0 amide bonds. The quantitative estimate of drug-likeness (QED) is 0.770. The number of nitrogens with one attached hydrogen (secondary N) is 1. The fraction of sp³-hybridized carbons (Fsp3) is 0.615. The maximum atomic E-state index is 10.6. The third-order valence-electron chi connectivity index (χ3n) is 3.60. The molecule has 0 aromatic carbocycles. The van der Waals surface area contributed by atoms with Gasteiger partial charge in [-0.25, -0.2) is 4.79 Å². The number of carboxylic acid groups (broad SMARTS) is 1. The zero-order chi connectivity index (χ0) is 15.5. The fourth-order valence-corrected chi connectivity index (χ4v) is 3.55. The SMILES string of the molecule is O=C(O)C(F)(F)F.c1cc2c(s1)CCOC21CCNCC1. The lowest BCUT2D eigenvalue weighted by Gasteiger charge is -2.40. The van der Waals surface area contributed by atoms with Gasteiger partial charge in [-0.05, 0) is 42.9 Å². The maximum absolute atomic E-state index is 10.6. The van der Waals surface area contributed by atoms with Crippen LogP contribution in [0.15, 0.2) is 11.4 Å². The van der Waals surface area contributed by atoms with Crippen molar-refractivity contribution >= 4 is 17.3 Å². The first-order valence-corrected chi connectivity index (χ1v) is 7.45. The highest BCUT2D eigenvalue weighted by molar-refractivity contribution is 7.10. The van der Waals surface area contributed by atoms with Gasteiger partial charge in [0.1, 0.15) is 0 Å². The molecule has 3 rings (SSSR count). The molecule has 0 aliphatic carbocycles. The smallest absolute Gasteiger partial charge is 0.475 e. The van der Waals surface area contributed by atoms with Crippen LogP contribution in [0, 0.1) is 0 Å². The van der Waals surface area contributed by atoms with Crippen LogP contribution in [0.5, 0.6) is 0 Å². The largest absolute Gasteiger partial charge is 0.490 e. The second kappa shape index (κ2) is 6.33. The van der Waals surface area contributed by atoms with Crippen LogP contribution in [0.3, 0.4) is 0 Å². The van der Waals surface area contributed by atoms with Gasteiger partial charge in [-0.1, -0.05) is 0 Å². The monoisotopic (exact) mass is 323 g/mol. The van der Waals surface area contributed by atoms with Crippen molar-refractivity contribution in [1.82, 2.24) is 5.32 Å². The number of hydrogen-bond acceptors (Lipinski definition) is 4. The van der Waals surface area contributed by atoms with Crippen LogP contribution in [0.2, 0.25) is 0 Å². The summed E-state index contributed by atoms with van der Waals surface area (Å²) in [6.07, 6.45) is -1.70. The summed E-state index contributed by atoms with van der Waals surface area (Å²) < 4.78 is 37.8. The fourth-order valence-electron chi connectivity index (χ4n) is 2.60. The number of piperidine rings is 1. The Balaban J connectivity index is 0.000000199. The lowest BCUT2D eigenvalue weighted by Crippen LogP contribution is -2.44. The molecule has 0 saturated carbocycles. The van der Waals surface area contributed by atoms with Gasteiger partial charge < -0.3 is 15.2 Å². The zero-order valence-corrected chi connectivity index (χ0v) is 12.0. The van der Waals surface area contributed by atoms with Gasteiger partial charge in [0, 0.05) is 11.3 Å². The molecule has 1 fully saturated rings. The van der Waals surface area contributed by atoms with E-state index in [0.717, 1.165) is 39.0 Å². The molecule has 1 aromatic heterocycles. The van der Waals surface area contributed by atoms with Gasteiger partial charge in [0.05, 0.1) is 12.2 Å². The summed E-state index contributed by atoms with van der Waals surface area (Å²) in [5.74, 6) is -2.76. The molecule has 118 valence electrons. The highest BCUT2D eigenvalue weighted by atomic mass is 32.1. The number of aliphatic carboxylic acids is 1. The lowest BCUT2D eigenvalue weighted by molar-refractivity contribution is -0.192. The molecular weight excluding hydrogens is 307 g/mol. The molecule has 2 N–H and O–H groups in total. The molecular formula is C13H16F3NO3S. The molecule has 8 heteroatoms. The molecule has 1 aromatic rings. The number of fused-ring (bicyclic) bond motifs is 2. The summed E-state index contributed by atoms with van der Waals surface area (Å²) in [5, 5.41) is 12.7. The third-order valence-corrected chi connectivity index (χ3v) is 4.58. The molecule has 1 saturated heterocycles. The molecule has 2 aliphatic rings. The van der Waals surface area contributed by atoms with E-state index in [1.54, 1.807) is 4.88 Å². The average Bonchev–Trinajstić information content (AvgIpc) is 2.89. The molecule has 21 heavy (non-hydrogen) atoms. The van der Waals surface area contributed by atoms with Gasteiger partial charge >= 0.3 is 12.1 Å². The number of rotatable bonds is 0. The first-order chi connectivity index (χ1) is 9.85. The van der Waals surface area contributed by atoms with Gasteiger partial charge in [-0.3, -0.25) is 0 Å². The summed E-state index contributed by atoms with van der Waals surface area (Å²) >= 11 is 1.89. The van der Waals surface area contributed by atoms with Crippen molar-refractivity contribution in [1.29, 1.82) is 0 Å². The minimum absolute atomic E-state index is 0.0683. The molecule has 2 aliphatic heterocycles. The summed E-state index contributed by atoms with van der Waals surface area (Å²) in [6, 6.07) is 2.27. The minimum atomic E-state index is -5.08. The normalized spacial score (nSPS) is 20.3. The van der Waals surface area contributed by atoms with Crippen molar-refractivity contribution in [2.45, 2.75) is 31.0 Å². The Hall–Kier alpha value is -1.12. The zero-order valence-electron chi connectivity index (χ0n) is 11.2. The third kappa shape index (κ3) is 3.75. The van der Waals surface area contributed by atoms with E-state index in [9.17, 15) is 13.2 Å². The Morgan fingerprint density at radius 3 is 2.57 bits per heavy atom. The van der Waals surface area contributed by atoms with E-state index in [1.807, 2.05) is 11.3 Å². The van der Waals surface area contributed by atoms with Gasteiger partial charge in [0.2, 0.25) is 0 Å². The first-order valence-electron chi connectivity index (χ1n) is 6.57. The summed E-state index contributed by atoms with van der Waals surface area (Å²) in [7, 11) is 0. The highest BCUT2D eigenvalue weighted by Gasteiger charge is 2.39. The van der Waals surface area contributed by atoms with Crippen LogP contribution < -0.4 is 5.32 Å². The average molecular weight is 323 g/mol. The minimum Gasteiger partial charge on any atom is -0.475 e. The first kappa shape index (κ1) is 16.3. The van der Waals surface area contributed by atoms with Gasteiger partial charge in [0.15, 0.2) is 0 Å². The predicted molar refractivity (Wildman–Crippen MR) is 71.4 cm³/mol. The van der Waals surface area contributed by atoms with Crippen LogP contribution in [-0.2, 0) is 21.6 Å². The summed E-state index contributed by atoms with van der Waals surface area (Å²) in [6.45, 7) is 3.10. The second-order valence-electron chi connectivity index (χ2n) is 4.90. The number of alkyl halides is 3. The second-order valence-corrected chi connectivity index (χ2v) is 5.90. The van der Waals surface area contributed by atoms with E-state index in [2.05, 4.69) is 16.8 Å². The molecule has 0 radical (unpaired) electrons. The number of halogens is 3. The number of hydrogen-bond donors (Lipinski definition) is 2. The summed E-state index contributed by atoms with van der Waals surface area (Å²) in [5.41, 5.74) is 1.55. The van der Waals surface area contributed by atoms with E-state index in [-0.39, 0.29) is 5.60 Å². The van der Waals surface area contributed by atoms with E-state index in [4.69, 9.17) is 14.6 Å². The van der Waals surface area contributed by atoms with E-state index < -0.39 is 12.1 Å². The standard InChI is InChI=1S/C11H15NOS.C2HF3O2/c1-7-13-11(3-5-12-6-4-11)9-2-8-14-10(1)9;3-2(4,5)1(6)7/h2,8,12H,1,3-7H2;(H,6,7). The molecule has 3 heterocycles. The molecule has 1 spiro atoms. The van der Waals surface area contributed by atoms with Crippen LogP contribution in [-0.4, -0.2) is 36.9 Å². The van der Waals surface area contributed by atoms with Crippen molar-refractivity contribution in [3.05, 3.63) is 21.9 Å². The summed E-state index contributed by atoms with van der Waals surface area (Å²) in [4.78, 5) is 10.4. The van der Waals surface area contributed by atoms with Crippen molar-refractivity contribution < 1.29 is 27.8 Å². The van der Waals surface area contributed by atoms with Crippen LogP contribution in [0.4, 0.5) is 13.2 Å². The highest BCUT2D eigenvalue weighted by Crippen LogP contribution is 2.41. The Morgan fingerprint density at radius 1 is 1.38 bits per heavy atom. The van der Waals surface area contributed by atoms with Gasteiger partial charge in [0.25, 0.3) is 0 Å². The Labute approximate surface area is 123 Å². The molecule has 0 bridgehead atoms. The number of thiophene rings is 1. The lowest BCUT2D eigenvalue weighted by atomic mass is 9.83. The maximum Gasteiger partial charge on any atom is 0.490 e. The molecule has 0 atom stereocenters. The van der Waals surface area contributed by atoms with E-state index in [0.29, 0.717) is 0 Å². The molecule has 4 nitrogen and oxygen atoms in total. The predicted octanol–water partition coefficient (Wildman–Crippen LogP) is 2.53. The van der Waals surface area contributed by atoms with Gasteiger partial charge in [-0.2, -0.15) is 13.2 Å². The van der Waals surface area contributed by atoms with Crippen molar-refractivity contribution in [3.63, 3.8) is 0 Å². The van der Waals surface area contributed by atoms with Crippen LogP contribution in [0.1, 0.15) is 23.3 Å². The number of carboxylic acids is 1. The number of carbonyl (C=O) groups is 1. The van der Waals surface area contributed by atoms with E-state index >= 15 is 0 Å². The van der Waals surface area contributed by atoms with E-state index in [1.165, 1.54) is 5.56 Å². The van der Waals surface area contributed by atoms with Gasteiger partial charge in [-0.15, -0.1) is 11.3 Å². The topological polar surface area (TPSA) is 58.6 Å². The van der Waals surface area contributed by atoms with Crippen LogP contribution in [0.25, 0.3) is 0 Å². The Morgan fingerprint density at radius 2 is 2.00 bits per heavy atom. The van der Waals surface area contributed by atoms with Crippen molar-refractivity contribution in [2.24, 2.45) is 0 Å². The van der Waals surface area contributed by atoms with Crippen molar-refractivity contribution in [3.8, 4) is 0 Å². The Bertz CT molecular complexity index is 495.